The van der Waals surface area contributed by atoms with Crippen LogP contribution in [0, 0.1) is 5.82 Å². The van der Waals surface area contributed by atoms with Gasteiger partial charge in [0.2, 0.25) is 0 Å². The number of carbonyl (C=O) groups is 1. The zero-order valence-electron chi connectivity index (χ0n) is 14.0. The molecule has 1 atom stereocenters. The second kappa shape index (κ2) is 6.92. The number of amides is 1. The van der Waals surface area contributed by atoms with E-state index in [0.29, 0.717) is 17.1 Å². The average Bonchev–Trinajstić information content (AvgIpc) is 3.09. The number of carbonyl (C=O) groups excluding carboxylic acids is 1. The zero-order chi connectivity index (χ0) is 18.1. The van der Waals surface area contributed by atoms with Gasteiger partial charge in [-0.1, -0.05) is 17.7 Å². The summed E-state index contributed by atoms with van der Waals surface area (Å²) in [5.41, 5.74) is 2.27. The Labute approximate surface area is 155 Å². The molecule has 0 spiro atoms. The van der Waals surface area contributed by atoms with Gasteiger partial charge in [0.25, 0.3) is 5.91 Å². The molecule has 26 heavy (non-hydrogen) atoms. The molecule has 0 radical (unpaired) electrons. The van der Waals surface area contributed by atoms with E-state index in [1.807, 2.05) is 24.3 Å². The Morgan fingerprint density at radius 1 is 1.23 bits per heavy atom. The van der Waals surface area contributed by atoms with Crippen LogP contribution in [-0.2, 0) is 0 Å². The van der Waals surface area contributed by atoms with Crippen molar-refractivity contribution in [3.05, 3.63) is 71.1 Å². The molecule has 1 aliphatic heterocycles. The summed E-state index contributed by atoms with van der Waals surface area (Å²) in [5, 5.41) is 4.69. The molecule has 6 heteroatoms. The van der Waals surface area contributed by atoms with Gasteiger partial charge in [-0.05, 0) is 48.9 Å². The fraction of sp³-hybridized carbons (Fsp3) is 0.200. The number of benzene rings is 2. The smallest absolute Gasteiger partial charge is 0.251 e. The van der Waals surface area contributed by atoms with E-state index in [-0.39, 0.29) is 11.9 Å². The lowest BCUT2D eigenvalue weighted by molar-refractivity contribution is 0.0940. The molecule has 1 N–H and O–H groups in total. The van der Waals surface area contributed by atoms with E-state index in [1.54, 1.807) is 18.3 Å². The number of pyridine rings is 1. The van der Waals surface area contributed by atoms with Crippen LogP contribution in [0.3, 0.4) is 0 Å². The largest absolute Gasteiger partial charge is 0.369 e. The van der Waals surface area contributed by atoms with Gasteiger partial charge in [-0.15, -0.1) is 0 Å². The summed E-state index contributed by atoms with van der Waals surface area (Å²) in [6.45, 7) is 1.53. The number of rotatable bonds is 3. The van der Waals surface area contributed by atoms with Gasteiger partial charge in [0.1, 0.15) is 5.82 Å². The number of aromatic nitrogens is 1. The summed E-state index contributed by atoms with van der Waals surface area (Å²) >= 11 is 6.05. The lowest BCUT2D eigenvalue weighted by atomic mass is 10.1. The van der Waals surface area contributed by atoms with Gasteiger partial charge in [-0.3, -0.25) is 9.78 Å². The molecule has 4 rings (SSSR count). The normalized spacial score (nSPS) is 16.8. The summed E-state index contributed by atoms with van der Waals surface area (Å²) in [5.74, 6) is -0.657. The first-order valence-electron chi connectivity index (χ1n) is 8.46. The lowest BCUT2D eigenvalue weighted by Gasteiger charge is -2.21. The fourth-order valence-corrected chi connectivity index (χ4v) is 3.54. The zero-order valence-corrected chi connectivity index (χ0v) is 14.7. The van der Waals surface area contributed by atoms with Crippen molar-refractivity contribution in [1.29, 1.82) is 0 Å². The van der Waals surface area contributed by atoms with E-state index in [0.717, 1.165) is 29.6 Å². The quantitative estimate of drug-likeness (QED) is 0.758. The second-order valence-corrected chi connectivity index (χ2v) is 6.84. The Morgan fingerprint density at radius 2 is 2.12 bits per heavy atom. The molecule has 3 aromatic rings. The number of hydrogen-bond acceptors (Lipinski definition) is 3. The summed E-state index contributed by atoms with van der Waals surface area (Å²) in [7, 11) is 0. The summed E-state index contributed by atoms with van der Waals surface area (Å²) in [6.07, 6.45) is 2.60. The van der Waals surface area contributed by atoms with Gasteiger partial charge in [0.15, 0.2) is 0 Å². The Bertz CT molecular complexity index is 978. The molecule has 1 aromatic heterocycles. The first-order valence-corrected chi connectivity index (χ1v) is 8.83. The molecule has 4 nitrogen and oxygen atoms in total. The molecule has 0 saturated carbocycles. The summed E-state index contributed by atoms with van der Waals surface area (Å²) in [4.78, 5) is 18.9. The lowest BCUT2D eigenvalue weighted by Crippen LogP contribution is -2.37. The number of hydrogen-bond donors (Lipinski definition) is 1. The van der Waals surface area contributed by atoms with Crippen LogP contribution in [0.4, 0.5) is 10.1 Å². The average molecular weight is 370 g/mol. The van der Waals surface area contributed by atoms with Crippen LogP contribution in [-0.4, -0.2) is 30.0 Å². The highest BCUT2D eigenvalue weighted by atomic mass is 35.5. The minimum atomic E-state index is -0.410. The maximum absolute atomic E-state index is 13.3. The fourth-order valence-electron chi connectivity index (χ4n) is 3.38. The number of nitrogens with one attached hydrogen (secondary N) is 1. The van der Waals surface area contributed by atoms with Crippen LogP contribution in [0.15, 0.2) is 54.7 Å². The van der Waals surface area contributed by atoms with Crippen LogP contribution < -0.4 is 10.2 Å². The Morgan fingerprint density at radius 3 is 2.96 bits per heavy atom. The minimum absolute atomic E-state index is 0.0151. The molecule has 1 amide bonds. The third-order valence-electron chi connectivity index (χ3n) is 4.63. The highest BCUT2D eigenvalue weighted by Crippen LogP contribution is 2.29. The van der Waals surface area contributed by atoms with Crippen molar-refractivity contribution in [1.82, 2.24) is 10.3 Å². The van der Waals surface area contributed by atoms with Gasteiger partial charge in [-0.2, -0.15) is 0 Å². The predicted octanol–water partition coefficient (Wildman–Crippen LogP) is 4.04. The number of nitrogens with zero attached hydrogens (tertiary/aromatic N) is 2. The van der Waals surface area contributed by atoms with Crippen molar-refractivity contribution in [3.8, 4) is 0 Å². The van der Waals surface area contributed by atoms with Crippen molar-refractivity contribution >= 4 is 34.1 Å². The van der Waals surface area contributed by atoms with Gasteiger partial charge < -0.3 is 10.2 Å². The summed E-state index contributed by atoms with van der Waals surface area (Å²) < 4.78 is 13.3. The maximum Gasteiger partial charge on any atom is 0.251 e. The maximum atomic E-state index is 13.3. The topological polar surface area (TPSA) is 45.2 Å². The first kappa shape index (κ1) is 16.8. The number of anilines is 1. The summed E-state index contributed by atoms with van der Waals surface area (Å²) in [6, 6.07) is 13.4. The van der Waals surface area contributed by atoms with Gasteiger partial charge in [-0.25, -0.2) is 4.39 Å². The molecule has 1 unspecified atom stereocenters. The minimum Gasteiger partial charge on any atom is -0.369 e. The van der Waals surface area contributed by atoms with Crippen molar-refractivity contribution < 1.29 is 9.18 Å². The third-order valence-corrected chi connectivity index (χ3v) is 4.87. The van der Waals surface area contributed by atoms with Crippen molar-refractivity contribution in [2.24, 2.45) is 0 Å². The second-order valence-electron chi connectivity index (χ2n) is 6.41. The van der Waals surface area contributed by atoms with E-state index in [9.17, 15) is 9.18 Å². The van der Waals surface area contributed by atoms with E-state index in [4.69, 9.17) is 11.6 Å². The Hall–Kier alpha value is -2.66. The molecular weight excluding hydrogens is 353 g/mol. The highest BCUT2D eigenvalue weighted by Gasteiger charge is 2.25. The molecular formula is C20H17ClFN3O. The van der Waals surface area contributed by atoms with Crippen molar-refractivity contribution in [2.45, 2.75) is 12.5 Å². The standard InChI is InChI=1S/C20H17ClFN3O/c21-14-4-5-17-18(11-14)23-8-6-19(17)25-9-7-16(12-25)24-20(26)13-2-1-3-15(22)10-13/h1-6,8,10-11,16H,7,9,12H2,(H,24,26). The Balaban J connectivity index is 1.50. The SMILES string of the molecule is O=C(NC1CCN(c2ccnc3cc(Cl)ccc23)C1)c1cccc(F)c1. The monoisotopic (exact) mass is 369 g/mol. The molecule has 1 fully saturated rings. The molecule has 2 heterocycles. The van der Waals surface area contributed by atoms with E-state index in [2.05, 4.69) is 15.2 Å². The van der Waals surface area contributed by atoms with E-state index < -0.39 is 5.82 Å². The highest BCUT2D eigenvalue weighted by molar-refractivity contribution is 6.31. The third kappa shape index (κ3) is 3.35. The van der Waals surface area contributed by atoms with Crippen LogP contribution >= 0.6 is 11.6 Å². The van der Waals surface area contributed by atoms with Gasteiger partial charge in [0.05, 0.1) is 5.52 Å². The van der Waals surface area contributed by atoms with Gasteiger partial charge >= 0.3 is 0 Å². The number of fused-ring (bicyclic) bond motifs is 1. The molecule has 1 saturated heterocycles. The molecule has 1 aliphatic rings. The van der Waals surface area contributed by atoms with Gasteiger partial charge in [0, 0.05) is 47.0 Å². The van der Waals surface area contributed by atoms with Crippen molar-refractivity contribution in [2.75, 3.05) is 18.0 Å². The Kier molecular flexibility index (Phi) is 4.47. The first-order chi connectivity index (χ1) is 12.6. The van der Waals surface area contributed by atoms with Crippen LogP contribution in [0.5, 0.6) is 0 Å². The predicted molar refractivity (Wildman–Crippen MR) is 101 cm³/mol. The molecule has 0 bridgehead atoms. The van der Waals surface area contributed by atoms with Crippen LogP contribution in [0.2, 0.25) is 5.02 Å². The number of halogens is 2. The molecule has 0 aliphatic carbocycles. The van der Waals surface area contributed by atoms with E-state index in [1.165, 1.54) is 12.1 Å². The van der Waals surface area contributed by atoms with Crippen molar-refractivity contribution in [3.63, 3.8) is 0 Å². The van der Waals surface area contributed by atoms with E-state index >= 15 is 0 Å². The van der Waals surface area contributed by atoms with Crippen LogP contribution in [0.1, 0.15) is 16.8 Å². The molecule has 2 aromatic carbocycles. The van der Waals surface area contributed by atoms with Crippen LogP contribution in [0.25, 0.3) is 10.9 Å². The molecule has 132 valence electrons.